The molecule has 0 aliphatic carbocycles. The Morgan fingerprint density at radius 1 is 1.07 bits per heavy atom. The molecule has 1 N–H and O–H groups in total. The number of ether oxygens (including phenoxy) is 1. The van der Waals surface area contributed by atoms with Crippen molar-refractivity contribution in [2.75, 3.05) is 26.2 Å². The average Bonchev–Trinajstić information content (AvgIpc) is 2.71. The zero-order valence-corrected chi connectivity index (χ0v) is 18.7. The van der Waals surface area contributed by atoms with E-state index in [0.717, 1.165) is 22.4 Å². The van der Waals surface area contributed by atoms with Crippen molar-refractivity contribution >= 4 is 15.9 Å². The number of carbonyl (C=O) groups is 1. The van der Waals surface area contributed by atoms with E-state index in [1.165, 1.54) is 4.31 Å². The minimum absolute atomic E-state index is 0.122. The van der Waals surface area contributed by atoms with E-state index in [-0.39, 0.29) is 23.3 Å². The highest BCUT2D eigenvalue weighted by molar-refractivity contribution is 7.89. The monoisotopic (exact) mass is 430 g/mol. The predicted octanol–water partition coefficient (Wildman–Crippen LogP) is 3.21. The van der Waals surface area contributed by atoms with Crippen LogP contribution in [-0.4, -0.2) is 44.9 Å². The molecule has 2 aromatic rings. The number of benzene rings is 2. The van der Waals surface area contributed by atoms with Crippen LogP contribution in [0.2, 0.25) is 0 Å². The third kappa shape index (κ3) is 5.61. The normalized spacial score (nSPS) is 17.5. The number of amides is 1. The van der Waals surface area contributed by atoms with Crippen LogP contribution in [0, 0.1) is 26.7 Å². The van der Waals surface area contributed by atoms with Gasteiger partial charge < -0.3 is 10.1 Å². The van der Waals surface area contributed by atoms with E-state index in [1.807, 2.05) is 32.9 Å². The van der Waals surface area contributed by atoms with Gasteiger partial charge >= 0.3 is 0 Å². The van der Waals surface area contributed by atoms with Crippen LogP contribution in [0.3, 0.4) is 0 Å². The summed E-state index contributed by atoms with van der Waals surface area (Å²) in [6, 6.07) is 12.8. The molecule has 1 saturated heterocycles. The Bertz CT molecular complexity index is 967. The maximum Gasteiger partial charge on any atom is 0.243 e. The molecule has 0 saturated carbocycles. The second kappa shape index (κ2) is 9.62. The molecule has 7 heteroatoms. The standard InChI is InChI=1S/C23H30N2O4S/c1-17-6-8-22(9-7-17)30(27,28)25-11-4-5-20(16-25)23(26)24-10-12-29-21-14-18(2)13-19(3)15-21/h6-9,13-15,20H,4-5,10-12,16H2,1-3H3,(H,24,26)/t20-/m0/s1. The number of carbonyl (C=O) groups excluding carboxylic acids is 1. The molecule has 1 aliphatic heterocycles. The summed E-state index contributed by atoms with van der Waals surface area (Å²) < 4.78 is 33.0. The van der Waals surface area contributed by atoms with Crippen LogP contribution in [0.1, 0.15) is 29.5 Å². The van der Waals surface area contributed by atoms with Crippen LogP contribution >= 0.6 is 0 Å². The van der Waals surface area contributed by atoms with Crippen molar-refractivity contribution in [3.05, 3.63) is 59.2 Å². The van der Waals surface area contributed by atoms with E-state index in [2.05, 4.69) is 11.4 Å². The number of aryl methyl sites for hydroxylation is 3. The molecule has 1 atom stereocenters. The molecular formula is C23H30N2O4S. The van der Waals surface area contributed by atoms with Crippen molar-refractivity contribution in [1.29, 1.82) is 0 Å². The van der Waals surface area contributed by atoms with Crippen molar-refractivity contribution in [2.24, 2.45) is 5.92 Å². The summed E-state index contributed by atoms with van der Waals surface area (Å²) in [5, 5.41) is 2.89. The quantitative estimate of drug-likeness (QED) is 0.685. The van der Waals surface area contributed by atoms with Crippen LogP contribution < -0.4 is 10.1 Å². The predicted molar refractivity (Wildman–Crippen MR) is 117 cm³/mol. The van der Waals surface area contributed by atoms with Crippen molar-refractivity contribution in [2.45, 2.75) is 38.5 Å². The van der Waals surface area contributed by atoms with Gasteiger partial charge in [-0.15, -0.1) is 0 Å². The zero-order chi connectivity index (χ0) is 21.7. The Balaban J connectivity index is 1.52. The van der Waals surface area contributed by atoms with Crippen LogP contribution in [0.5, 0.6) is 5.75 Å². The smallest absolute Gasteiger partial charge is 0.243 e. The Hall–Kier alpha value is -2.38. The first-order valence-corrected chi connectivity index (χ1v) is 11.8. The Labute approximate surface area is 179 Å². The Kier molecular flexibility index (Phi) is 7.15. The maximum atomic E-state index is 12.9. The van der Waals surface area contributed by atoms with Gasteiger partial charge in [0.15, 0.2) is 0 Å². The molecule has 6 nitrogen and oxygen atoms in total. The van der Waals surface area contributed by atoms with Crippen molar-refractivity contribution in [3.63, 3.8) is 0 Å². The Morgan fingerprint density at radius 2 is 1.73 bits per heavy atom. The molecule has 2 aromatic carbocycles. The molecule has 1 aliphatic rings. The second-order valence-electron chi connectivity index (χ2n) is 7.98. The summed E-state index contributed by atoms with van der Waals surface area (Å²) >= 11 is 0. The molecule has 3 rings (SSSR count). The van der Waals surface area contributed by atoms with Gasteiger partial charge in [0.25, 0.3) is 0 Å². The van der Waals surface area contributed by atoms with Crippen molar-refractivity contribution in [3.8, 4) is 5.75 Å². The fourth-order valence-electron chi connectivity index (χ4n) is 3.74. The van der Waals surface area contributed by atoms with Gasteiger partial charge in [0.05, 0.1) is 17.4 Å². The number of hydrogen-bond donors (Lipinski definition) is 1. The third-order valence-corrected chi connectivity index (χ3v) is 7.16. The topological polar surface area (TPSA) is 75.7 Å². The average molecular weight is 431 g/mol. The number of rotatable bonds is 7. The summed E-state index contributed by atoms with van der Waals surface area (Å²) in [6.07, 6.45) is 1.35. The molecule has 162 valence electrons. The van der Waals surface area contributed by atoms with E-state index in [0.29, 0.717) is 32.5 Å². The lowest BCUT2D eigenvalue weighted by Crippen LogP contribution is -2.45. The van der Waals surface area contributed by atoms with Crippen LogP contribution in [-0.2, 0) is 14.8 Å². The maximum absolute atomic E-state index is 12.9. The van der Waals surface area contributed by atoms with Gasteiger partial charge in [-0.2, -0.15) is 4.31 Å². The van der Waals surface area contributed by atoms with Gasteiger partial charge in [-0.1, -0.05) is 23.8 Å². The summed E-state index contributed by atoms with van der Waals surface area (Å²) in [4.78, 5) is 12.9. The minimum atomic E-state index is -3.59. The molecule has 1 fully saturated rings. The molecular weight excluding hydrogens is 400 g/mol. The van der Waals surface area contributed by atoms with Crippen LogP contribution in [0.25, 0.3) is 0 Å². The van der Waals surface area contributed by atoms with Gasteiger partial charge in [0.2, 0.25) is 15.9 Å². The highest BCUT2D eigenvalue weighted by Gasteiger charge is 2.33. The first-order chi connectivity index (χ1) is 14.3. The van der Waals surface area contributed by atoms with Crippen LogP contribution in [0.15, 0.2) is 47.4 Å². The summed E-state index contributed by atoms with van der Waals surface area (Å²) in [5.41, 5.74) is 3.27. The fourth-order valence-corrected chi connectivity index (χ4v) is 5.26. The van der Waals surface area contributed by atoms with Gasteiger partial charge in [-0.3, -0.25) is 4.79 Å². The molecule has 1 amide bonds. The van der Waals surface area contributed by atoms with Gasteiger partial charge in [0, 0.05) is 13.1 Å². The summed E-state index contributed by atoms with van der Waals surface area (Å²) in [7, 11) is -3.59. The van der Waals surface area contributed by atoms with E-state index < -0.39 is 10.0 Å². The third-order valence-electron chi connectivity index (χ3n) is 5.28. The van der Waals surface area contributed by atoms with Gasteiger partial charge in [-0.25, -0.2) is 8.42 Å². The van der Waals surface area contributed by atoms with E-state index in [9.17, 15) is 13.2 Å². The molecule has 0 bridgehead atoms. The van der Waals surface area contributed by atoms with Gasteiger partial charge in [0.1, 0.15) is 12.4 Å². The summed E-state index contributed by atoms with van der Waals surface area (Å²) in [5.74, 6) is 0.317. The first kappa shape index (κ1) is 22.3. The van der Waals surface area contributed by atoms with E-state index >= 15 is 0 Å². The van der Waals surface area contributed by atoms with Crippen LogP contribution in [0.4, 0.5) is 0 Å². The minimum Gasteiger partial charge on any atom is -0.492 e. The lowest BCUT2D eigenvalue weighted by molar-refractivity contribution is -0.126. The SMILES string of the molecule is Cc1ccc(S(=O)(=O)N2CCC[C@H](C(=O)NCCOc3cc(C)cc(C)c3)C2)cc1. The fraction of sp³-hybridized carbons (Fsp3) is 0.435. The molecule has 0 spiro atoms. The highest BCUT2D eigenvalue weighted by Crippen LogP contribution is 2.24. The number of piperidine rings is 1. The Morgan fingerprint density at radius 3 is 2.40 bits per heavy atom. The summed E-state index contributed by atoms with van der Waals surface area (Å²) in [6.45, 7) is 7.35. The number of nitrogens with one attached hydrogen (secondary N) is 1. The number of nitrogens with zero attached hydrogens (tertiary/aromatic N) is 1. The van der Waals surface area contributed by atoms with E-state index in [4.69, 9.17) is 4.74 Å². The lowest BCUT2D eigenvalue weighted by Gasteiger charge is -2.31. The number of hydrogen-bond acceptors (Lipinski definition) is 4. The van der Waals surface area contributed by atoms with E-state index in [1.54, 1.807) is 24.3 Å². The molecule has 0 aromatic heterocycles. The van der Waals surface area contributed by atoms with Crippen molar-refractivity contribution in [1.82, 2.24) is 9.62 Å². The molecule has 0 unspecified atom stereocenters. The molecule has 1 heterocycles. The lowest BCUT2D eigenvalue weighted by atomic mass is 9.99. The largest absolute Gasteiger partial charge is 0.492 e. The zero-order valence-electron chi connectivity index (χ0n) is 17.8. The second-order valence-corrected chi connectivity index (χ2v) is 9.92. The number of sulfonamides is 1. The highest BCUT2D eigenvalue weighted by atomic mass is 32.2. The van der Waals surface area contributed by atoms with Crippen molar-refractivity contribution < 1.29 is 17.9 Å². The van der Waals surface area contributed by atoms with Gasteiger partial charge in [-0.05, 0) is 69.0 Å². The molecule has 30 heavy (non-hydrogen) atoms. The first-order valence-electron chi connectivity index (χ1n) is 10.3. The molecule has 0 radical (unpaired) electrons.